The van der Waals surface area contributed by atoms with Gasteiger partial charge >= 0.3 is 0 Å². The van der Waals surface area contributed by atoms with Crippen LogP contribution in [0.3, 0.4) is 0 Å². The summed E-state index contributed by atoms with van der Waals surface area (Å²) in [5.74, 6) is -0.306. The molecule has 0 saturated carbocycles. The van der Waals surface area contributed by atoms with Gasteiger partial charge in [-0.15, -0.1) is 0 Å². The second-order valence-electron chi connectivity index (χ2n) is 6.65. The van der Waals surface area contributed by atoms with E-state index in [9.17, 15) is 14.7 Å². The van der Waals surface area contributed by atoms with E-state index in [-0.39, 0.29) is 28.5 Å². The molecule has 158 valence electrons. The van der Waals surface area contributed by atoms with Gasteiger partial charge in [-0.3, -0.25) is 14.9 Å². The lowest BCUT2D eigenvalue weighted by Crippen LogP contribution is -2.22. The number of methoxy groups -OCH3 is 3. The van der Waals surface area contributed by atoms with Crippen molar-refractivity contribution in [1.29, 1.82) is 0 Å². The molecule has 0 atom stereocenters. The summed E-state index contributed by atoms with van der Waals surface area (Å²) < 4.78 is 15.5. The zero-order chi connectivity index (χ0) is 22.1. The summed E-state index contributed by atoms with van der Waals surface area (Å²) in [5, 5.41) is 13.1. The summed E-state index contributed by atoms with van der Waals surface area (Å²) in [5.41, 5.74) is 1.95. The van der Waals surface area contributed by atoms with Crippen molar-refractivity contribution in [2.45, 2.75) is 0 Å². The van der Waals surface area contributed by atoms with Gasteiger partial charge < -0.3 is 24.3 Å². The van der Waals surface area contributed by atoms with Gasteiger partial charge in [-0.1, -0.05) is 0 Å². The molecule has 0 saturated heterocycles. The van der Waals surface area contributed by atoms with Crippen molar-refractivity contribution < 1.29 is 28.9 Å². The minimum atomic E-state index is -0.605. The summed E-state index contributed by atoms with van der Waals surface area (Å²) in [7, 11) is 4.36. The van der Waals surface area contributed by atoms with Gasteiger partial charge in [0.15, 0.2) is 11.5 Å². The van der Waals surface area contributed by atoms with E-state index in [0.717, 1.165) is 10.9 Å². The van der Waals surface area contributed by atoms with Crippen LogP contribution in [-0.4, -0.2) is 49.4 Å². The number of phenols is 1. The highest BCUT2D eigenvalue weighted by Crippen LogP contribution is 2.37. The predicted octanol–water partition coefficient (Wildman–Crippen LogP) is 2.39. The molecule has 1 aliphatic heterocycles. The van der Waals surface area contributed by atoms with Gasteiger partial charge in [0, 0.05) is 34.4 Å². The first-order chi connectivity index (χ1) is 15.0. The first-order valence-electron chi connectivity index (χ1n) is 9.21. The van der Waals surface area contributed by atoms with Crippen molar-refractivity contribution in [1.82, 2.24) is 10.3 Å². The molecular weight excluding hydrogens is 402 g/mol. The van der Waals surface area contributed by atoms with Crippen LogP contribution in [0.5, 0.6) is 23.0 Å². The highest BCUT2D eigenvalue weighted by atomic mass is 16.5. The first-order valence-corrected chi connectivity index (χ1v) is 9.21. The molecule has 4 rings (SSSR count). The number of amides is 2. The third-order valence-corrected chi connectivity index (χ3v) is 4.91. The molecule has 0 radical (unpaired) electrons. The number of hydrogen-bond donors (Lipinski definition) is 3. The molecule has 1 aliphatic rings. The summed E-state index contributed by atoms with van der Waals surface area (Å²) in [6, 6.07) is 8.47. The number of H-pyrrole nitrogens is 1. The van der Waals surface area contributed by atoms with Crippen molar-refractivity contribution in [3.8, 4) is 23.0 Å². The number of nitrogens with zero attached hydrogens (tertiary/aromatic N) is 1. The average Bonchev–Trinajstić information content (AvgIpc) is 3.31. The molecule has 0 spiro atoms. The lowest BCUT2D eigenvalue weighted by Gasteiger charge is -2.09. The van der Waals surface area contributed by atoms with E-state index in [1.54, 1.807) is 25.4 Å². The third-order valence-electron chi connectivity index (χ3n) is 4.91. The monoisotopic (exact) mass is 421 g/mol. The minimum Gasteiger partial charge on any atom is -0.502 e. The zero-order valence-electron chi connectivity index (χ0n) is 17.0. The molecule has 0 bridgehead atoms. The first kappa shape index (κ1) is 20.0. The maximum absolute atomic E-state index is 12.6. The largest absolute Gasteiger partial charge is 0.502 e. The number of imide groups is 1. The Bertz CT molecular complexity index is 1250. The standard InChI is InChI=1S/C22H19N3O6/c1-29-12-4-5-15-13(8-12)14(10-23-15)18-19(22(28)25-21(18)27)24-9-11-6-16(30-2)20(26)17(7-11)31-3/h4-10,23,26H,1-3H3,(H,25,27,28). The quantitative estimate of drug-likeness (QED) is 0.415. The van der Waals surface area contributed by atoms with Crippen LogP contribution in [0, 0.1) is 0 Å². The molecule has 3 N–H and O–H groups in total. The average molecular weight is 421 g/mol. The normalized spacial score (nSPS) is 13.9. The molecule has 1 aromatic heterocycles. The summed E-state index contributed by atoms with van der Waals surface area (Å²) in [6.45, 7) is 0. The molecule has 31 heavy (non-hydrogen) atoms. The maximum atomic E-state index is 12.6. The van der Waals surface area contributed by atoms with E-state index in [2.05, 4.69) is 15.3 Å². The van der Waals surface area contributed by atoms with Crippen molar-refractivity contribution in [3.63, 3.8) is 0 Å². The topological polar surface area (TPSA) is 122 Å². The number of aromatic amines is 1. The lowest BCUT2D eigenvalue weighted by atomic mass is 10.0. The highest BCUT2D eigenvalue weighted by Gasteiger charge is 2.32. The van der Waals surface area contributed by atoms with Gasteiger partial charge in [0.2, 0.25) is 5.75 Å². The van der Waals surface area contributed by atoms with E-state index in [0.29, 0.717) is 16.9 Å². The molecule has 0 unspecified atom stereocenters. The SMILES string of the molecule is COc1ccc2[nH]cc(C3=C(N=Cc4cc(OC)c(O)c(OC)c4)C(=O)NC3=O)c2c1. The Morgan fingerprint density at radius 1 is 0.968 bits per heavy atom. The Hall–Kier alpha value is -4.27. The van der Waals surface area contributed by atoms with Crippen molar-refractivity contribution >= 4 is 34.5 Å². The summed E-state index contributed by atoms with van der Waals surface area (Å²) in [4.78, 5) is 32.4. The van der Waals surface area contributed by atoms with Gasteiger partial charge in [-0.05, 0) is 30.3 Å². The Balaban J connectivity index is 1.83. The maximum Gasteiger partial charge on any atom is 0.277 e. The molecule has 0 aliphatic carbocycles. The fourth-order valence-corrected chi connectivity index (χ4v) is 3.38. The number of nitrogens with one attached hydrogen (secondary N) is 2. The number of fused-ring (bicyclic) bond motifs is 1. The number of aliphatic imine (C=N–C) groups is 1. The number of aromatic hydroxyl groups is 1. The molecule has 3 aromatic rings. The van der Waals surface area contributed by atoms with E-state index in [1.807, 2.05) is 6.07 Å². The number of carbonyl (C=O) groups is 2. The third kappa shape index (κ3) is 3.46. The molecular formula is C22H19N3O6. The zero-order valence-corrected chi connectivity index (χ0v) is 17.0. The molecule has 0 fully saturated rings. The Labute approximate surface area is 177 Å². The molecule has 2 heterocycles. The highest BCUT2D eigenvalue weighted by molar-refractivity contribution is 6.37. The van der Waals surface area contributed by atoms with Crippen LogP contribution in [0.4, 0.5) is 0 Å². The number of phenolic OH excluding ortho intramolecular Hbond substituents is 1. The number of ether oxygens (including phenoxy) is 3. The second kappa shape index (κ2) is 7.86. The lowest BCUT2D eigenvalue weighted by molar-refractivity contribution is -0.123. The Morgan fingerprint density at radius 2 is 1.68 bits per heavy atom. The van der Waals surface area contributed by atoms with Crippen molar-refractivity contribution in [2.75, 3.05) is 21.3 Å². The van der Waals surface area contributed by atoms with Crippen LogP contribution in [0.15, 0.2) is 47.2 Å². The van der Waals surface area contributed by atoms with E-state index in [1.165, 1.54) is 32.6 Å². The Morgan fingerprint density at radius 3 is 2.32 bits per heavy atom. The Kier molecular flexibility index (Phi) is 5.08. The van der Waals surface area contributed by atoms with Gasteiger partial charge in [0.1, 0.15) is 11.4 Å². The van der Waals surface area contributed by atoms with Crippen molar-refractivity contribution in [2.24, 2.45) is 4.99 Å². The molecule has 9 nitrogen and oxygen atoms in total. The minimum absolute atomic E-state index is 0.0280. The van der Waals surface area contributed by atoms with Crippen LogP contribution in [0.1, 0.15) is 11.1 Å². The molecule has 2 aromatic carbocycles. The fourth-order valence-electron chi connectivity index (χ4n) is 3.38. The molecule has 9 heteroatoms. The number of benzene rings is 2. The van der Waals surface area contributed by atoms with Gasteiger partial charge in [-0.25, -0.2) is 4.99 Å². The van der Waals surface area contributed by atoms with Crippen LogP contribution in [-0.2, 0) is 9.59 Å². The van der Waals surface area contributed by atoms with E-state index < -0.39 is 11.8 Å². The van der Waals surface area contributed by atoms with Gasteiger partial charge in [0.05, 0.1) is 26.9 Å². The number of hydrogen-bond acceptors (Lipinski definition) is 7. The number of aromatic nitrogens is 1. The van der Waals surface area contributed by atoms with Crippen LogP contribution in [0.25, 0.3) is 16.5 Å². The predicted molar refractivity (Wildman–Crippen MR) is 114 cm³/mol. The van der Waals surface area contributed by atoms with Crippen LogP contribution < -0.4 is 19.5 Å². The van der Waals surface area contributed by atoms with E-state index in [4.69, 9.17) is 14.2 Å². The second-order valence-corrected chi connectivity index (χ2v) is 6.65. The fraction of sp³-hybridized carbons (Fsp3) is 0.136. The van der Waals surface area contributed by atoms with Crippen LogP contribution in [0.2, 0.25) is 0 Å². The summed E-state index contributed by atoms with van der Waals surface area (Å²) in [6.07, 6.45) is 3.05. The summed E-state index contributed by atoms with van der Waals surface area (Å²) >= 11 is 0. The van der Waals surface area contributed by atoms with E-state index >= 15 is 0 Å². The van der Waals surface area contributed by atoms with Gasteiger partial charge in [0.25, 0.3) is 11.8 Å². The van der Waals surface area contributed by atoms with Crippen LogP contribution >= 0.6 is 0 Å². The molecule has 2 amide bonds. The smallest absolute Gasteiger partial charge is 0.277 e. The van der Waals surface area contributed by atoms with Gasteiger partial charge in [-0.2, -0.15) is 0 Å². The van der Waals surface area contributed by atoms with Crippen molar-refractivity contribution in [3.05, 3.63) is 53.4 Å². The number of rotatable bonds is 6. The number of carbonyl (C=O) groups excluding carboxylic acids is 2.